The van der Waals surface area contributed by atoms with Crippen LogP contribution in [-0.2, 0) is 4.74 Å². The molecule has 0 spiro atoms. The van der Waals surface area contributed by atoms with Gasteiger partial charge in [-0.2, -0.15) is 5.26 Å². The molecule has 1 fully saturated rings. The molecule has 36 heavy (non-hydrogen) atoms. The molecule has 0 atom stereocenters. The van der Waals surface area contributed by atoms with Gasteiger partial charge in [0.2, 0.25) is 5.95 Å². The van der Waals surface area contributed by atoms with Crippen molar-refractivity contribution >= 4 is 29.1 Å². The van der Waals surface area contributed by atoms with E-state index in [9.17, 15) is 9.59 Å². The van der Waals surface area contributed by atoms with Crippen molar-refractivity contribution < 1.29 is 14.3 Å². The molecule has 1 aliphatic rings. The highest BCUT2D eigenvalue weighted by atomic mass is 16.5. The van der Waals surface area contributed by atoms with Crippen LogP contribution in [0.2, 0.25) is 0 Å². The largest absolute Gasteiger partial charge is 0.378 e. The van der Waals surface area contributed by atoms with E-state index in [-0.39, 0.29) is 18.4 Å². The first-order valence-corrected chi connectivity index (χ1v) is 11.5. The van der Waals surface area contributed by atoms with E-state index in [0.29, 0.717) is 41.7 Å². The smallest absolute Gasteiger partial charge is 0.255 e. The SMILES string of the molecule is CN(C)C(=O)c1cc(Nc2nccc(-c3ccc(C(=O)NCC#N)cc3)n2)ccc1N1CCOCC1. The maximum Gasteiger partial charge on any atom is 0.255 e. The van der Waals surface area contributed by atoms with Crippen LogP contribution in [0.4, 0.5) is 17.3 Å². The van der Waals surface area contributed by atoms with E-state index in [4.69, 9.17) is 10.00 Å². The number of anilines is 3. The van der Waals surface area contributed by atoms with Crippen LogP contribution in [0.1, 0.15) is 20.7 Å². The van der Waals surface area contributed by atoms with Gasteiger partial charge in [-0.3, -0.25) is 9.59 Å². The highest BCUT2D eigenvalue weighted by Crippen LogP contribution is 2.28. The molecule has 0 radical (unpaired) electrons. The highest BCUT2D eigenvalue weighted by Gasteiger charge is 2.21. The molecule has 1 aliphatic heterocycles. The number of benzene rings is 2. The Hall–Kier alpha value is -4.49. The molecule has 0 saturated carbocycles. The van der Waals surface area contributed by atoms with Crippen LogP contribution in [0.3, 0.4) is 0 Å². The Bertz CT molecular complexity index is 1280. The lowest BCUT2D eigenvalue weighted by molar-refractivity contribution is 0.0826. The van der Waals surface area contributed by atoms with Crippen LogP contribution < -0.4 is 15.5 Å². The topological polar surface area (TPSA) is 123 Å². The predicted octanol–water partition coefficient (Wildman–Crippen LogP) is 2.68. The van der Waals surface area contributed by atoms with Gasteiger partial charge in [-0.1, -0.05) is 12.1 Å². The Morgan fingerprint density at radius 1 is 1.11 bits per heavy atom. The van der Waals surface area contributed by atoms with Crippen LogP contribution in [0.25, 0.3) is 11.3 Å². The summed E-state index contributed by atoms with van der Waals surface area (Å²) in [4.78, 5) is 37.6. The molecule has 10 nitrogen and oxygen atoms in total. The number of hydrogen-bond acceptors (Lipinski definition) is 8. The van der Waals surface area contributed by atoms with E-state index in [1.54, 1.807) is 55.5 Å². The second kappa shape index (κ2) is 11.3. The molecular weight excluding hydrogens is 458 g/mol. The molecular formula is C26H27N7O3. The van der Waals surface area contributed by atoms with Crippen molar-refractivity contribution in [1.29, 1.82) is 5.26 Å². The minimum atomic E-state index is -0.309. The predicted molar refractivity (Wildman–Crippen MR) is 136 cm³/mol. The van der Waals surface area contributed by atoms with Gasteiger partial charge in [0.05, 0.1) is 30.5 Å². The van der Waals surface area contributed by atoms with Gasteiger partial charge < -0.3 is 25.2 Å². The number of nitrogens with zero attached hydrogens (tertiary/aromatic N) is 5. The monoisotopic (exact) mass is 485 g/mol. The number of amides is 2. The minimum absolute atomic E-state index is 0.0448. The van der Waals surface area contributed by atoms with Crippen molar-refractivity contribution in [2.45, 2.75) is 0 Å². The third-order valence-electron chi connectivity index (χ3n) is 5.67. The number of hydrogen-bond donors (Lipinski definition) is 2. The summed E-state index contributed by atoms with van der Waals surface area (Å²) < 4.78 is 5.46. The van der Waals surface area contributed by atoms with Crippen molar-refractivity contribution in [2.75, 3.05) is 57.2 Å². The second-order valence-corrected chi connectivity index (χ2v) is 8.34. The molecule has 2 aromatic carbocycles. The first-order valence-electron chi connectivity index (χ1n) is 11.5. The number of rotatable bonds is 7. The second-order valence-electron chi connectivity index (χ2n) is 8.34. The van der Waals surface area contributed by atoms with Crippen LogP contribution in [0, 0.1) is 11.3 Å². The van der Waals surface area contributed by atoms with Gasteiger partial charge in [-0.05, 0) is 36.4 Å². The minimum Gasteiger partial charge on any atom is -0.378 e. The van der Waals surface area contributed by atoms with Gasteiger partial charge in [0.25, 0.3) is 11.8 Å². The molecule has 10 heteroatoms. The Morgan fingerprint density at radius 2 is 1.86 bits per heavy atom. The number of ether oxygens (including phenoxy) is 1. The van der Waals surface area contributed by atoms with Gasteiger partial charge >= 0.3 is 0 Å². The number of nitriles is 1. The highest BCUT2D eigenvalue weighted by molar-refractivity contribution is 6.00. The summed E-state index contributed by atoms with van der Waals surface area (Å²) >= 11 is 0. The van der Waals surface area contributed by atoms with Crippen molar-refractivity contribution in [3.8, 4) is 17.3 Å². The third kappa shape index (κ3) is 5.76. The van der Waals surface area contributed by atoms with Crippen molar-refractivity contribution in [2.24, 2.45) is 0 Å². The first-order chi connectivity index (χ1) is 17.5. The molecule has 184 valence electrons. The molecule has 0 bridgehead atoms. The van der Waals surface area contributed by atoms with Gasteiger partial charge in [0, 0.05) is 55.9 Å². The Kier molecular flexibility index (Phi) is 7.72. The van der Waals surface area contributed by atoms with Gasteiger partial charge in [-0.25, -0.2) is 9.97 Å². The normalized spacial score (nSPS) is 13.0. The van der Waals surface area contributed by atoms with Gasteiger partial charge in [0.1, 0.15) is 6.54 Å². The van der Waals surface area contributed by atoms with Crippen LogP contribution in [0.15, 0.2) is 54.7 Å². The summed E-state index contributed by atoms with van der Waals surface area (Å²) in [5.41, 5.74) is 4.09. The van der Waals surface area contributed by atoms with Crippen molar-refractivity contribution in [3.05, 3.63) is 65.9 Å². The zero-order valence-electron chi connectivity index (χ0n) is 20.2. The Balaban J connectivity index is 1.55. The first kappa shape index (κ1) is 24.6. The van der Waals surface area contributed by atoms with Crippen LogP contribution in [0.5, 0.6) is 0 Å². The van der Waals surface area contributed by atoms with Crippen molar-refractivity contribution in [1.82, 2.24) is 20.2 Å². The quantitative estimate of drug-likeness (QED) is 0.490. The van der Waals surface area contributed by atoms with Crippen LogP contribution in [-0.4, -0.2) is 73.6 Å². The lowest BCUT2D eigenvalue weighted by atomic mass is 10.1. The summed E-state index contributed by atoms with van der Waals surface area (Å²) in [5, 5.41) is 14.3. The number of morpholine rings is 1. The molecule has 0 aliphatic carbocycles. The van der Waals surface area contributed by atoms with E-state index >= 15 is 0 Å². The Morgan fingerprint density at radius 3 is 2.56 bits per heavy atom. The third-order valence-corrected chi connectivity index (χ3v) is 5.67. The average molecular weight is 486 g/mol. The number of aromatic nitrogens is 2. The maximum atomic E-state index is 13.0. The molecule has 0 unspecified atom stereocenters. The van der Waals surface area contributed by atoms with E-state index in [1.807, 2.05) is 24.3 Å². The fraction of sp³-hybridized carbons (Fsp3) is 0.269. The molecule has 1 aromatic heterocycles. The Labute approximate surface area is 209 Å². The summed E-state index contributed by atoms with van der Waals surface area (Å²) in [6, 6.07) is 16.3. The lowest BCUT2D eigenvalue weighted by Crippen LogP contribution is -2.37. The summed E-state index contributed by atoms with van der Waals surface area (Å²) in [5.74, 6) is -0.0174. The molecule has 2 N–H and O–H groups in total. The molecule has 2 heterocycles. The fourth-order valence-electron chi connectivity index (χ4n) is 3.83. The maximum absolute atomic E-state index is 13.0. The standard InChI is InChI=1S/C26H27N7O3/c1-32(2)25(35)21-17-20(7-8-23(21)33-13-15-36-16-14-33)30-26-29-11-9-22(31-26)18-3-5-19(6-4-18)24(34)28-12-10-27/h3-9,11,17H,12-16H2,1-2H3,(H,28,34)(H,29,30,31). The summed E-state index contributed by atoms with van der Waals surface area (Å²) in [7, 11) is 3.47. The molecule has 2 amide bonds. The number of nitrogens with one attached hydrogen (secondary N) is 2. The zero-order chi connectivity index (χ0) is 25.5. The average Bonchev–Trinajstić information content (AvgIpc) is 2.92. The van der Waals surface area contributed by atoms with E-state index in [1.165, 1.54) is 0 Å². The van der Waals surface area contributed by atoms with Gasteiger partial charge in [0.15, 0.2) is 0 Å². The van der Waals surface area contributed by atoms with E-state index in [2.05, 4.69) is 25.5 Å². The zero-order valence-corrected chi connectivity index (χ0v) is 20.2. The number of carbonyl (C=O) groups is 2. The fourth-order valence-corrected chi connectivity index (χ4v) is 3.83. The molecule has 4 rings (SSSR count). The van der Waals surface area contributed by atoms with E-state index in [0.717, 1.165) is 24.3 Å². The lowest BCUT2D eigenvalue weighted by Gasteiger charge is -2.31. The molecule has 3 aromatic rings. The van der Waals surface area contributed by atoms with Gasteiger partial charge in [-0.15, -0.1) is 0 Å². The summed E-state index contributed by atoms with van der Waals surface area (Å²) in [6.07, 6.45) is 1.65. The van der Waals surface area contributed by atoms with Crippen molar-refractivity contribution in [3.63, 3.8) is 0 Å². The van der Waals surface area contributed by atoms with E-state index < -0.39 is 0 Å². The van der Waals surface area contributed by atoms with Crippen LogP contribution >= 0.6 is 0 Å². The molecule has 1 saturated heterocycles. The summed E-state index contributed by atoms with van der Waals surface area (Å²) in [6.45, 7) is 2.66. The number of carbonyl (C=O) groups excluding carboxylic acids is 2.